The maximum absolute atomic E-state index is 12.3. The molecule has 140 valence electrons. The first-order valence-electron chi connectivity index (χ1n) is 10.5. The summed E-state index contributed by atoms with van der Waals surface area (Å²) in [5.41, 5.74) is 0. The van der Waals surface area contributed by atoms with Gasteiger partial charge in [0, 0.05) is 51.6 Å². The second kappa shape index (κ2) is 7.65. The number of hydrogen-bond donors (Lipinski definition) is 1. The molecule has 0 aromatic carbocycles. The third kappa shape index (κ3) is 4.02. The molecular formula is C20H33N3O2. The second-order valence-corrected chi connectivity index (χ2v) is 8.78. The van der Waals surface area contributed by atoms with Crippen LogP contribution < -0.4 is 5.32 Å². The average molecular weight is 348 g/mol. The lowest BCUT2D eigenvalue weighted by Gasteiger charge is -2.38. The summed E-state index contributed by atoms with van der Waals surface area (Å²) >= 11 is 0. The number of hydrogen-bond acceptors (Lipinski definition) is 3. The first kappa shape index (κ1) is 17.3. The lowest BCUT2D eigenvalue weighted by Crippen LogP contribution is -2.52. The third-order valence-corrected chi connectivity index (χ3v) is 7.22. The van der Waals surface area contributed by atoms with E-state index >= 15 is 0 Å². The van der Waals surface area contributed by atoms with Crippen molar-refractivity contribution in [3.05, 3.63) is 0 Å². The number of piperazine rings is 1. The Labute approximate surface area is 151 Å². The summed E-state index contributed by atoms with van der Waals surface area (Å²) in [5, 5.41) is 3.13. The molecule has 4 aliphatic rings. The minimum atomic E-state index is 0.247. The molecule has 1 N–H and O–H groups in total. The van der Waals surface area contributed by atoms with Crippen molar-refractivity contribution >= 4 is 11.8 Å². The van der Waals surface area contributed by atoms with Gasteiger partial charge in [-0.25, -0.2) is 0 Å². The van der Waals surface area contributed by atoms with Gasteiger partial charge in [0.1, 0.15) is 0 Å². The van der Waals surface area contributed by atoms with Gasteiger partial charge in [0.05, 0.1) is 0 Å². The molecule has 3 aliphatic carbocycles. The monoisotopic (exact) mass is 347 g/mol. The van der Waals surface area contributed by atoms with Crippen LogP contribution in [-0.4, -0.2) is 60.9 Å². The zero-order chi connectivity index (χ0) is 17.2. The molecule has 25 heavy (non-hydrogen) atoms. The fourth-order valence-corrected chi connectivity index (χ4v) is 5.40. The first-order valence-corrected chi connectivity index (χ1v) is 10.5. The van der Waals surface area contributed by atoms with Gasteiger partial charge in [-0.05, 0) is 49.9 Å². The minimum absolute atomic E-state index is 0.247. The molecule has 3 saturated carbocycles. The predicted molar refractivity (Wildman–Crippen MR) is 96.9 cm³/mol. The predicted octanol–water partition coefficient (Wildman–Crippen LogP) is 1.87. The van der Waals surface area contributed by atoms with Crippen molar-refractivity contribution in [1.29, 1.82) is 0 Å². The van der Waals surface area contributed by atoms with E-state index in [0.717, 1.165) is 70.4 Å². The SMILES string of the molecule is O=C(CC1CC2CCC1C2)NCCN1CCN(C(=O)C2CCC2)CC1. The van der Waals surface area contributed by atoms with Gasteiger partial charge in [-0.3, -0.25) is 14.5 Å². The van der Waals surface area contributed by atoms with E-state index in [9.17, 15) is 9.59 Å². The zero-order valence-electron chi connectivity index (χ0n) is 15.4. The fraction of sp³-hybridized carbons (Fsp3) is 0.900. The summed E-state index contributed by atoms with van der Waals surface area (Å²) in [5.74, 6) is 3.34. The van der Waals surface area contributed by atoms with Crippen molar-refractivity contribution in [3.8, 4) is 0 Å². The zero-order valence-corrected chi connectivity index (χ0v) is 15.4. The molecule has 2 amide bonds. The van der Waals surface area contributed by atoms with Gasteiger partial charge in [-0.1, -0.05) is 12.8 Å². The van der Waals surface area contributed by atoms with E-state index in [0.29, 0.717) is 17.7 Å². The van der Waals surface area contributed by atoms with Gasteiger partial charge in [0.15, 0.2) is 0 Å². The molecule has 3 unspecified atom stereocenters. The standard InChI is InChI=1S/C20H33N3O2/c24-19(14-18-13-15-4-5-17(18)12-15)21-6-7-22-8-10-23(11-9-22)20(25)16-2-1-3-16/h15-18H,1-14H2,(H,21,24). The highest BCUT2D eigenvalue weighted by molar-refractivity contribution is 5.79. The van der Waals surface area contributed by atoms with Crippen LogP contribution in [0.15, 0.2) is 0 Å². The highest BCUT2D eigenvalue weighted by atomic mass is 16.2. The first-order chi connectivity index (χ1) is 12.2. The normalized spacial score (nSPS) is 32.6. The van der Waals surface area contributed by atoms with Crippen LogP contribution in [0.25, 0.3) is 0 Å². The van der Waals surface area contributed by atoms with Crippen molar-refractivity contribution < 1.29 is 9.59 Å². The summed E-state index contributed by atoms with van der Waals surface area (Å²) in [4.78, 5) is 28.9. The van der Waals surface area contributed by atoms with Crippen LogP contribution in [0, 0.1) is 23.7 Å². The molecule has 4 rings (SSSR count). The Balaban J connectivity index is 1.09. The van der Waals surface area contributed by atoms with E-state index in [2.05, 4.69) is 10.2 Å². The number of rotatable bonds is 6. The summed E-state index contributed by atoms with van der Waals surface area (Å²) in [7, 11) is 0. The smallest absolute Gasteiger partial charge is 0.225 e. The number of carbonyl (C=O) groups excluding carboxylic acids is 2. The number of amides is 2. The van der Waals surface area contributed by atoms with Crippen LogP contribution in [0.1, 0.15) is 51.4 Å². The Morgan fingerprint density at radius 2 is 1.76 bits per heavy atom. The Hall–Kier alpha value is -1.10. The molecule has 0 aromatic heterocycles. The van der Waals surface area contributed by atoms with Crippen molar-refractivity contribution in [2.45, 2.75) is 51.4 Å². The fourth-order valence-electron chi connectivity index (χ4n) is 5.40. The molecule has 0 spiro atoms. The number of nitrogens with one attached hydrogen (secondary N) is 1. The molecule has 5 nitrogen and oxygen atoms in total. The van der Waals surface area contributed by atoms with E-state index in [4.69, 9.17) is 0 Å². The Morgan fingerprint density at radius 3 is 2.36 bits per heavy atom. The molecule has 4 fully saturated rings. The van der Waals surface area contributed by atoms with E-state index in [1.54, 1.807) is 0 Å². The van der Waals surface area contributed by atoms with Gasteiger partial charge < -0.3 is 10.2 Å². The van der Waals surface area contributed by atoms with E-state index in [-0.39, 0.29) is 5.91 Å². The molecular weight excluding hydrogens is 314 g/mol. The third-order valence-electron chi connectivity index (χ3n) is 7.22. The number of carbonyl (C=O) groups is 2. The molecule has 3 atom stereocenters. The number of fused-ring (bicyclic) bond motifs is 2. The Bertz CT molecular complexity index is 497. The molecule has 1 heterocycles. The largest absolute Gasteiger partial charge is 0.355 e. The maximum atomic E-state index is 12.3. The summed E-state index contributed by atoms with van der Waals surface area (Å²) in [6, 6.07) is 0. The van der Waals surface area contributed by atoms with Crippen molar-refractivity contribution in [2.24, 2.45) is 23.7 Å². The Morgan fingerprint density at radius 1 is 0.960 bits per heavy atom. The van der Waals surface area contributed by atoms with E-state index in [1.807, 2.05) is 4.90 Å². The summed E-state index contributed by atoms with van der Waals surface area (Å²) in [6.45, 7) is 5.26. The minimum Gasteiger partial charge on any atom is -0.355 e. The molecule has 1 aliphatic heterocycles. The van der Waals surface area contributed by atoms with Crippen LogP contribution in [0.3, 0.4) is 0 Å². The average Bonchev–Trinajstić information content (AvgIpc) is 3.16. The van der Waals surface area contributed by atoms with E-state index in [1.165, 1.54) is 32.1 Å². The second-order valence-electron chi connectivity index (χ2n) is 8.78. The van der Waals surface area contributed by atoms with Crippen molar-refractivity contribution in [2.75, 3.05) is 39.3 Å². The highest BCUT2D eigenvalue weighted by Crippen LogP contribution is 2.49. The molecule has 2 bridgehead atoms. The van der Waals surface area contributed by atoms with Gasteiger partial charge in [0.25, 0.3) is 0 Å². The molecule has 0 aromatic rings. The lowest BCUT2D eigenvalue weighted by atomic mass is 9.84. The quantitative estimate of drug-likeness (QED) is 0.798. The summed E-state index contributed by atoms with van der Waals surface area (Å²) < 4.78 is 0. The molecule has 0 radical (unpaired) electrons. The summed E-state index contributed by atoms with van der Waals surface area (Å²) in [6.07, 6.45) is 9.56. The van der Waals surface area contributed by atoms with Gasteiger partial charge in [0.2, 0.25) is 11.8 Å². The van der Waals surface area contributed by atoms with E-state index < -0.39 is 0 Å². The number of nitrogens with zero attached hydrogens (tertiary/aromatic N) is 2. The van der Waals surface area contributed by atoms with Gasteiger partial charge in [-0.15, -0.1) is 0 Å². The van der Waals surface area contributed by atoms with Crippen LogP contribution >= 0.6 is 0 Å². The van der Waals surface area contributed by atoms with Crippen molar-refractivity contribution in [3.63, 3.8) is 0 Å². The lowest BCUT2D eigenvalue weighted by molar-refractivity contribution is -0.139. The molecule has 1 saturated heterocycles. The van der Waals surface area contributed by atoms with Crippen LogP contribution in [0.4, 0.5) is 0 Å². The van der Waals surface area contributed by atoms with Crippen molar-refractivity contribution in [1.82, 2.24) is 15.1 Å². The molecule has 5 heteroatoms. The Kier molecular flexibility index (Phi) is 5.30. The maximum Gasteiger partial charge on any atom is 0.225 e. The van der Waals surface area contributed by atoms with Gasteiger partial charge in [-0.2, -0.15) is 0 Å². The van der Waals surface area contributed by atoms with Crippen LogP contribution in [0.5, 0.6) is 0 Å². The highest BCUT2D eigenvalue weighted by Gasteiger charge is 2.40. The van der Waals surface area contributed by atoms with Gasteiger partial charge >= 0.3 is 0 Å². The van der Waals surface area contributed by atoms with Crippen LogP contribution in [0.2, 0.25) is 0 Å². The topological polar surface area (TPSA) is 52.7 Å². The van der Waals surface area contributed by atoms with Crippen LogP contribution in [-0.2, 0) is 9.59 Å².